The third-order valence-electron chi connectivity index (χ3n) is 5.48. The Morgan fingerprint density at radius 1 is 1.12 bits per heavy atom. The van der Waals surface area contributed by atoms with Crippen LogP contribution in [0.5, 0.6) is 0 Å². The summed E-state index contributed by atoms with van der Waals surface area (Å²) in [6.07, 6.45) is 10.2. The summed E-state index contributed by atoms with van der Waals surface area (Å²) in [6.45, 7) is 5.93. The van der Waals surface area contributed by atoms with Gasteiger partial charge in [-0.1, -0.05) is 19.3 Å². The Morgan fingerprint density at radius 3 is 2.29 bits per heavy atom. The topological polar surface area (TPSA) is 29.3 Å². The van der Waals surface area contributed by atoms with Gasteiger partial charge in [-0.05, 0) is 50.4 Å². The summed E-state index contributed by atoms with van der Waals surface area (Å²) in [5, 5.41) is 0. The lowest BCUT2D eigenvalue weighted by Crippen LogP contribution is -2.57. The molecule has 0 radical (unpaired) electrons. The second-order valence-electron chi connectivity index (χ2n) is 7.15. The Hall–Kier alpha value is -0.0800. The van der Waals surface area contributed by atoms with Gasteiger partial charge in [0.05, 0.1) is 0 Å². The van der Waals surface area contributed by atoms with E-state index in [9.17, 15) is 0 Å². The predicted octanol–water partition coefficient (Wildman–Crippen LogP) is 2.63. The van der Waals surface area contributed by atoms with Crippen LogP contribution in [0.25, 0.3) is 0 Å². The molecule has 2 nitrogen and oxygen atoms in total. The molecule has 2 aliphatic carbocycles. The van der Waals surface area contributed by atoms with Gasteiger partial charge in [0.25, 0.3) is 0 Å². The van der Waals surface area contributed by atoms with E-state index in [0.717, 1.165) is 24.3 Å². The van der Waals surface area contributed by atoms with E-state index in [4.69, 9.17) is 5.73 Å². The lowest BCUT2D eigenvalue weighted by Gasteiger charge is -2.50. The van der Waals surface area contributed by atoms with Gasteiger partial charge in [0.15, 0.2) is 0 Å². The highest BCUT2D eigenvalue weighted by molar-refractivity contribution is 4.97. The van der Waals surface area contributed by atoms with Crippen molar-refractivity contribution in [3.05, 3.63) is 0 Å². The number of likely N-dealkylation sites (tertiary alicyclic amines) is 1. The van der Waals surface area contributed by atoms with Crippen molar-refractivity contribution in [2.45, 2.75) is 57.4 Å². The van der Waals surface area contributed by atoms with Gasteiger partial charge in [-0.2, -0.15) is 0 Å². The average Bonchev–Trinajstić information content (AvgIpc) is 3.12. The van der Waals surface area contributed by atoms with E-state index in [1.165, 1.54) is 58.0 Å². The number of nitrogens with zero attached hydrogens (tertiary/aromatic N) is 1. The van der Waals surface area contributed by atoms with Crippen LogP contribution in [-0.2, 0) is 0 Å². The molecule has 3 atom stereocenters. The van der Waals surface area contributed by atoms with Crippen molar-refractivity contribution in [1.82, 2.24) is 4.90 Å². The van der Waals surface area contributed by atoms with Crippen molar-refractivity contribution in [2.75, 3.05) is 19.6 Å². The zero-order valence-corrected chi connectivity index (χ0v) is 11.3. The fourth-order valence-corrected chi connectivity index (χ4v) is 4.16. The summed E-state index contributed by atoms with van der Waals surface area (Å²) in [4.78, 5) is 2.77. The van der Waals surface area contributed by atoms with Crippen LogP contribution in [0.1, 0.15) is 51.9 Å². The number of rotatable bonds is 4. The fourth-order valence-electron chi connectivity index (χ4n) is 4.16. The molecule has 3 rings (SSSR count). The monoisotopic (exact) mass is 236 g/mol. The Kier molecular flexibility index (Phi) is 3.20. The van der Waals surface area contributed by atoms with Gasteiger partial charge in [-0.25, -0.2) is 0 Å². The molecule has 3 unspecified atom stereocenters. The summed E-state index contributed by atoms with van der Waals surface area (Å²) >= 11 is 0. The van der Waals surface area contributed by atoms with E-state index in [2.05, 4.69) is 11.8 Å². The Bertz CT molecular complexity index is 262. The quantitative estimate of drug-likeness (QED) is 0.813. The predicted molar refractivity (Wildman–Crippen MR) is 71.8 cm³/mol. The van der Waals surface area contributed by atoms with Crippen molar-refractivity contribution in [2.24, 2.45) is 23.5 Å². The summed E-state index contributed by atoms with van der Waals surface area (Å²) in [6, 6.07) is 0. The molecule has 0 aromatic rings. The first-order valence-corrected chi connectivity index (χ1v) is 7.65. The van der Waals surface area contributed by atoms with Crippen LogP contribution in [-0.4, -0.2) is 30.1 Å². The van der Waals surface area contributed by atoms with E-state index >= 15 is 0 Å². The van der Waals surface area contributed by atoms with Crippen molar-refractivity contribution in [1.29, 1.82) is 0 Å². The van der Waals surface area contributed by atoms with E-state index in [-0.39, 0.29) is 0 Å². The molecule has 0 spiro atoms. The number of fused-ring (bicyclic) bond motifs is 2. The summed E-state index contributed by atoms with van der Waals surface area (Å²) in [7, 11) is 0. The third kappa shape index (κ3) is 2.53. The lowest BCUT2D eigenvalue weighted by molar-refractivity contribution is 0.00345. The van der Waals surface area contributed by atoms with Crippen LogP contribution in [0.2, 0.25) is 0 Å². The van der Waals surface area contributed by atoms with Crippen LogP contribution in [0.3, 0.4) is 0 Å². The molecule has 17 heavy (non-hydrogen) atoms. The first-order valence-electron chi connectivity index (χ1n) is 7.65. The van der Waals surface area contributed by atoms with E-state index in [1.807, 2.05) is 0 Å². The van der Waals surface area contributed by atoms with Gasteiger partial charge in [0, 0.05) is 25.2 Å². The lowest BCUT2D eigenvalue weighted by atomic mass is 9.75. The number of nitrogens with two attached hydrogens (primary N) is 1. The third-order valence-corrected chi connectivity index (χ3v) is 5.48. The summed E-state index contributed by atoms with van der Waals surface area (Å²) in [5.74, 6) is 2.95. The molecule has 1 heterocycles. The van der Waals surface area contributed by atoms with E-state index < -0.39 is 0 Å². The van der Waals surface area contributed by atoms with Crippen molar-refractivity contribution < 1.29 is 0 Å². The number of hydrogen-bond acceptors (Lipinski definition) is 2. The minimum absolute atomic E-state index is 0.301. The largest absolute Gasteiger partial charge is 0.329 e. The van der Waals surface area contributed by atoms with Gasteiger partial charge in [0.2, 0.25) is 0 Å². The molecule has 0 aromatic heterocycles. The van der Waals surface area contributed by atoms with Gasteiger partial charge >= 0.3 is 0 Å². The zero-order valence-electron chi connectivity index (χ0n) is 11.3. The molecule has 3 fully saturated rings. The smallest absolute Gasteiger partial charge is 0.0306 e. The molecule has 0 aromatic carbocycles. The van der Waals surface area contributed by atoms with Gasteiger partial charge in [-0.15, -0.1) is 0 Å². The SMILES string of the molecule is CC(CN)(CC1CC1)N1CC2CCCC(C2)C1. The maximum Gasteiger partial charge on any atom is 0.0306 e. The number of hydrogen-bond donors (Lipinski definition) is 1. The van der Waals surface area contributed by atoms with Crippen LogP contribution in [0.4, 0.5) is 0 Å². The van der Waals surface area contributed by atoms with Crippen LogP contribution in [0, 0.1) is 17.8 Å². The highest BCUT2D eigenvalue weighted by atomic mass is 15.2. The second-order valence-corrected chi connectivity index (χ2v) is 7.15. The molecule has 0 amide bonds. The molecule has 1 aliphatic heterocycles. The first kappa shape index (κ1) is 12.0. The molecule has 2 bridgehead atoms. The maximum atomic E-state index is 6.12. The Morgan fingerprint density at radius 2 is 1.76 bits per heavy atom. The standard InChI is InChI=1S/C15H28N2/c1-15(11-16,8-12-5-6-12)17-9-13-3-2-4-14(7-13)10-17/h12-14H,2-11,16H2,1H3. The van der Waals surface area contributed by atoms with Gasteiger partial charge < -0.3 is 5.73 Å². The molecular weight excluding hydrogens is 208 g/mol. The molecule has 98 valence electrons. The molecule has 3 aliphatic rings. The highest BCUT2D eigenvalue weighted by Crippen LogP contribution is 2.42. The van der Waals surface area contributed by atoms with Crippen LogP contribution >= 0.6 is 0 Å². The molecular formula is C15H28N2. The highest BCUT2D eigenvalue weighted by Gasteiger charge is 2.41. The molecule has 1 saturated heterocycles. The Balaban J connectivity index is 1.68. The minimum Gasteiger partial charge on any atom is -0.329 e. The normalized spacial score (nSPS) is 37.8. The molecule has 2 saturated carbocycles. The number of piperidine rings is 1. The van der Waals surface area contributed by atoms with Gasteiger partial charge in [0.1, 0.15) is 0 Å². The summed E-state index contributed by atoms with van der Waals surface area (Å²) in [5.41, 5.74) is 6.42. The zero-order chi connectivity index (χ0) is 11.9. The van der Waals surface area contributed by atoms with Crippen molar-refractivity contribution >= 4 is 0 Å². The second kappa shape index (κ2) is 4.55. The average molecular weight is 236 g/mol. The molecule has 2 N–H and O–H groups in total. The first-order chi connectivity index (χ1) is 8.19. The summed E-state index contributed by atoms with van der Waals surface area (Å²) < 4.78 is 0. The van der Waals surface area contributed by atoms with Crippen molar-refractivity contribution in [3.63, 3.8) is 0 Å². The van der Waals surface area contributed by atoms with E-state index in [1.54, 1.807) is 0 Å². The van der Waals surface area contributed by atoms with Crippen LogP contribution in [0.15, 0.2) is 0 Å². The Labute approximate surface area is 106 Å². The maximum absolute atomic E-state index is 6.12. The molecule has 2 heteroatoms. The van der Waals surface area contributed by atoms with Gasteiger partial charge in [-0.3, -0.25) is 4.90 Å². The van der Waals surface area contributed by atoms with Crippen LogP contribution < -0.4 is 5.73 Å². The minimum atomic E-state index is 0.301. The van der Waals surface area contributed by atoms with E-state index in [0.29, 0.717) is 5.54 Å². The fraction of sp³-hybridized carbons (Fsp3) is 1.00. The van der Waals surface area contributed by atoms with Crippen molar-refractivity contribution in [3.8, 4) is 0 Å².